The van der Waals surface area contributed by atoms with Gasteiger partial charge in [-0.1, -0.05) is 101 Å². The van der Waals surface area contributed by atoms with E-state index in [0.717, 1.165) is 25.7 Å². The first-order valence-corrected chi connectivity index (χ1v) is 21.9. The van der Waals surface area contributed by atoms with Crippen LogP contribution in [0.15, 0.2) is 0 Å². The van der Waals surface area contributed by atoms with Crippen LogP contribution < -0.4 is 9.79 Å². The molecule has 4 aliphatic carbocycles. The van der Waals surface area contributed by atoms with Crippen molar-refractivity contribution in [3.8, 4) is 0 Å². The third-order valence-electron chi connectivity index (χ3n) is 7.32. The van der Waals surface area contributed by atoms with Gasteiger partial charge in [-0.3, -0.25) is 0 Å². The Bertz CT molecular complexity index is 562. The van der Waals surface area contributed by atoms with Crippen molar-refractivity contribution in [2.75, 3.05) is 0 Å². The number of rotatable bonds is 8. The molecule has 4 saturated carbocycles. The molecule has 207 valence electrons. The summed E-state index contributed by atoms with van der Waals surface area (Å²) in [7, 11) is 0. The molecule has 11 heteroatoms. The molecule has 2 atom stereocenters. The van der Waals surface area contributed by atoms with Crippen molar-refractivity contribution in [2.45, 2.75) is 151 Å². The molecule has 4 aliphatic rings. The zero-order valence-electron chi connectivity index (χ0n) is 20.9. The van der Waals surface area contributed by atoms with Crippen molar-refractivity contribution in [3.63, 3.8) is 0 Å². The summed E-state index contributed by atoms with van der Waals surface area (Å²) in [4.78, 5) is 24.6. The summed E-state index contributed by atoms with van der Waals surface area (Å²) in [5, 5.41) is 0.964. The predicted octanol–water partition coefficient (Wildman–Crippen LogP) is 7.97. The third-order valence-corrected chi connectivity index (χ3v) is 16.4. The smallest absolute Gasteiger partial charge is 0.793 e. The van der Waals surface area contributed by atoms with Crippen molar-refractivity contribution in [3.05, 3.63) is 0 Å². The molecule has 0 aromatic rings. The molecule has 0 aromatic heterocycles. The Kier molecular flexibility index (Phi) is 17.2. The van der Waals surface area contributed by atoms with Gasteiger partial charge in [0, 0.05) is 21.9 Å². The molecular formula is C24H44CoO4P2S4. The number of hydrogen-bond donors (Lipinski definition) is 0. The minimum atomic E-state index is -2.83. The van der Waals surface area contributed by atoms with Gasteiger partial charge in [-0.25, -0.2) is 0 Å². The minimum absolute atomic E-state index is 0. The quantitative estimate of drug-likeness (QED) is 0.247. The second-order valence-electron chi connectivity index (χ2n) is 10.4. The average Bonchev–Trinajstić information content (AvgIpc) is 2.81. The van der Waals surface area contributed by atoms with Gasteiger partial charge in [-0.05, 0) is 51.4 Å². The predicted molar refractivity (Wildman–Crippen MR) is 153 cm³/mol. The molecule has 0 aromatic carbocycles. The van der Waals surface area contributed by atoms with E-state index in [9.17, 15) is 9.79 Å². The van der Waals surface area contributed by atoms with E-state index in [0.29, 0.717) is 10.5 Å². The zero-order chi connectivity index (χ0) is 24.3. The van der Waals surface area contributed by atoms with Gasteiger partial charge < -0.3 is 18.8 Å². The van der Waals surface area contributed by atoms with Crippen LogP contribution in [0.4, 0.5) is 0 Å². The summed E-state index contributed by atoms with van der Waals surface area (Å²) >= 11 is 13.3. The van der Waals surface area contributed by atoms with Crippen LogP contribution in [0, 0.1) is 0 Å². The molecule has 0 N–H and O–H groups in total. The van der Waals surface area contributed by atoms with Crippen LogP contribution in [0.1, 0.15) is 128 Å². The Labute approximate surface area is 243 Å². The third kappa shape index (κ3) is 14.5. The van der Waals surface area contributed by atoms with Crippen LogP contribution in [-0.4, -0.2) is 22.7 Å². The van der Waals surface area contributed by atoms with E-state index in [1.54, 1.807) is 0 Å². The molecule has 0 saturated heterocycles. The second kappa shape index (κ2) is 17.9. The van der Waals surface area contributed by atoms with Crippen LogP contribution in [-0.2, 0) is 49.4 Å². The maximum absolute atomic E-state index is 12.3. The van der Waals surface area contributed by atoms with Crippen molar-refractivity contribution in [1.29, 1.82) is 0 Å². The van der Waals surface area contributed by atoms with Crippen molar-refractivity contribution in [2.24, 2.45) is 0 Å². The first-order valence-electron chi connectivity index (χ1n) is 13.7. The molecule has 2 unspecified atom stereocenters. The summed E-state index contributed by atoms with van der Waals surface area (Å²) < 4.78 is 11.4. The maximum atomic E-state index is 12.3. The van der Waals surface area contributed by atoms with E-state index in [-0.39, 0.29) is 29.0 Å². The summed E-state index contributed by atoms with van der Waals surface area (Å²) in [6.45, 7) is 0. The summed E-state index contributed by atoms with van der Waals surface area (Å²) in [6, 6.07) is 0. The van der Waals surface area contributed by atoms with E-state index in [4.69, 9.17) is 32.7 Å². The fourth-order valence-electron chi connectivity index (χ4n) is 5.46. The van der Waals surface area contributed by atoms with Gasteiger partial charge in [-0.15, -0.1) is 22.8 Å². The van der Waals surface area contributed by atoms with Gasteiger partial charge in [0.05, 0.1) is 12.2 Å². The first kappa shape index (κ1) is 33.6. The van der Waals surface area contributed by atoms with E-state index in [1.165, 1.54) is 125 Å². The van der Waals surface area contributed by atoms with Crippen LogP contribution in [0.2, 0.25) is 0 Å². The average molecular weight is 646 g/mol. The fraction of sp³-hybridized carbons (Fsp3) is 1.00. The first-order chi connectivity index (χ1) is 16.3. The monoisotopic (exact) mass is 645 g/mol. The summed E-state index contributed by atoms with van der Waals surface area (Å²) in [5.41, 5.74) is -5.66. The molecule has 4 fully saturated rings. The Balaban J connectivity index is 0.000000240. The summed E-state index contributed by atoms with van der Waals surface area (Å²) in [5.74, 6) is 0. The minimum Gasteiger partial charge on any atom is -0.793 e. The molecule has 4 nitrogen and oxygen atoms in total. The molecule has 0 amide bonds. The van der Waals surface area contributed by atoms with Crippen molar-refractivity contribution in [1.82, 2.24) is 0 Å². The van der Waals surface area contributed by atoms with E-state index < -0.39 is 11.4 Å². The van der Waals surface area contributed by atoms with Gasteiger partial charge in [0.25, 0.3) is 0 Å². The topological polar surface area (TPSA) is 64.6 Å². The Morgan fingerprint density at radius 2 is 0.743 bits per heavy atom. The number of hydrogen-bond acceptors (Lipinski definition) is 8. The van der Waals surface area contributed by atoms with Gasteiger partial charge in [0.15, 0.2) is 0 Å². The van der Waals surface area contributed by atoms with Crippen molar-refractivity contribution >= 4 is 57.8 Å². The normalized spacial score (nSPS) is 27.0. The van der Waals surface area contributed by atoms with Gasteiger partial charge in [-0.2, -0.15) is 0 Å². The Morgan fingerprint density at radius 3 is 1.03 bits per heavy atom. The van der Waals surface area contributed by atoms with E-state index >= 15 is 0 Å². The van der Waals surface area contributed by atoms with Gasteiger partial charge >= 0.3 is 16.8 Å². The Hall–Kier alpha value is 2.35. The SMILES string of the molecule is [Co+2].[O-]P(=S)(OC1CCCCC1)SC1CCCCC1.[O-]P(=S)(OC1CCCCC1)SC1CCCCC1. The molecular weight excluding hydrogens is 601 g/mol. The largest absolute Gasteiger partial charge is 2.00 e. The van der Waals surface area contributed by atoms with Crippen LogP contribution in [0.25, 0.3) is 0 Å². The standard InChI is InChI=1S/2C12H23O2PS2.Co/c2*13-15(16,14-11-7-3-1-4-8-11)17-12-9-5-2-6-10-12;/h2*11-12H,1-10H2,(H,13,16);/q;;+2/p-2. The molecule has 4 rings (SSSR count). The second-order valence-corrected chi connectivity index (χ2v) is 22.7. The fourth-order valence-corrected chi connectivity index (χ4v) is 15.9. The molecule has 1 radical (unpaired) electrons. The zero-order valence-corrected chi connectivity index (χ0v) is 27.0. The summed E-state index contributed by atoms with van der Waals surface area (Å²) in [6.07, 6.45) is 24.3. The van der Waals surface area contributed by atoms with Crippen LogP contribution >= 0.6 is 34.2 Å². The van der Waals surface area contributed by atoms with Crippen LogP contribution in [0.5, 0.6) is 0 Å². The van der Waals surface area contributed by atoms with Crippen LogP contribution in [0.3, 0.4) is 0 Å². The van der Waals surface area contributed by atoms with Gasteiger partial charge in [0.1, 0.15) is 0 Å². The Morgan fingerprint density at radius 1 is 0.486 bits per heavy atom. The molecule has 0 heterocycles. The van der Waals surface area contributed by atoms with Gasteiger partial charge in [0.2, 0.25) is 0 Å². The molecule has 35 heavy (non-hydrogen) atoms. The van der Waals surface area contributed by atoms with E-state index in [1.807, 2.05) is 0 Å². The maximum Gasteiger partial charge on any atom is 2.00 e. The van der Waals surface area contributed by atoms with Crippen molar-refractivity contribution < 1.29 is 35.6 Å². The molecule has 0 spiro atoms. The van der Waals surface area contributed by atoms with E-state index in [2.05, 4.69) is 0 Å². The molecule has 0 bridgehead atoms. The molecule has 0 aliphatic heterocycles.